The van der Waals surface area contributed by atoms with Gasteiger partial charge in [-0.1, -0.05) is 55.0 Å². The van der Waals surface area contributed by atoms with Crippen LogP contribution in [0.1, 0.15) is 34.0 Å². The predicted molar refractivity (Wildman–Crippen MR) is 99.7 cm³/mol. The molecule has 0 aliphatic rings. The minimum absolute atomic E-state index is 0.309. The van der Waals surface area contributed by atoms with Gasteiger partial charge in [0.15, 0.2) is 5.52 Å². The lowest BCUT2D eigenvalue weighted by Gasteiger charge is -2.18. The maximum Gasteiger partial charge on any atom is 0.491 e. The van der Waals surface area contributed by atoms with Crippen LogP contribution in [0.3, 0.4) is 0 Å². The molecule has 0 radical (unpaired) electrons. The summed E-state index contributed by atoms with van der Waals surface area (Å²) >= 11 is 0. The molecule has 0 heterocycles. The van der Waals surface area contributed by atoms with E-state index in [9.17, 15) is 4.79 Å². The van der Waals surface area contributed by atoms with Crippen LogP contribution in [0.15, 0.2) is 42.5 Å². The zero-order valence-electron chi connectivity index (χ0n) is 14.0. The van der Waals surface area contributed by atoms with E-state index in [-0.39, 0.29) is 0 Å². The lowest BCUT2D eigenvalue weighted by molar-refractivity contribution is 0.108. The lowest BCUT2D eigenvalue weighted by Crippen LogP contribution is -2.12. The summed E-state index contributed by atoms with van der Waals surface area (Å²) in [7, 11) is -1.94. The van der Waals surface area contributed by atoms with Gasteiger partial charge >= 0.3 is 8.69 Å². The Morgan fingerprint density at radius 1 is 1.09 bits per heavy atom. The minimum Gasteiger partial charge on any atom is -0.289 e. The molecule has 0 saturated heterocycles. The van der Waals surface area contributed by atoms with E-state index >= 15 is 0 Å². The maximum atomic E-state index is 13.0. The van der Waals surface area contributed by atoms with Crippen molar-refractivity contribution in [3.63, 3.8) is 0 Å². The molecule has 2 rings (SSSR count). The quantitative estimate of drug-likeness (QED) is 0.827. The van der Waals surface area contributed by atoms with Gasteiger partial charge in [0.25, 0.3) is 0 Å². The number of rotatable bonds is 4. The molecule has 2 aromatic carbocycles. The number of benzene rings is 2. The van der Waals surface area contributed by atoms with Crippen LogP contribution in [-0.2, 0) is 4.57 Å². The zero-order chi connectivity index (χ0) is 17.4. The van der Waals surface area contributed by atoms with Gasteiger partial charge in [0.05, 0.1) is 0 Å². The second-order valence-electron chi connectivity index (χ2n) is 5.25. The highest BCUT2D eigenvalue weighted by molar-refractivity contribution is 7.82. The van der Waals surface area contributed by atoms with Crippen LogP contribution in [0.25, 0.3) is 0 Å². The van der Waals surface area contributed by atoms with E-state index in [0.717, 1.165) is 22.9 Å². The van der Waals surface area contributed by atoms with Gasteiger partial charge in [-0.3, -0.25) is 4.79 Å². The second kappa shape index (κ2) is 9.67. The van der Waals surface area contributed by atoms with Crippen LogP contribution in [0.5, 0.6) is 0 Å². The van der Waals surface area contributed by atoms with Crippen LogP contribution in [0, 0.1) is 20.8 Å². The Labute approximate surface area is 140 Å². The fourth-order valence-electron chi connectivity index (χ4n) is 2.70. The molecule has 0 fully saturated rings. The summed E-state index contributed by atoms with van der Waals surface area (Å²) < 4.78 is 8.51. The van der Waals surface area contributed by atoms with Gasteiger partial charge in [0, 0.05) is 13.5 Å². The molecule has 0 spiro atoms. The standard InChI is InChI=1S/C18H21OP.HO2P/c1-5-20(16-9-7-6-8-10-16)18(19)17-14(3)11-13(2)12-15(17)4;1-3-2/h6-12H,5H2,1-4H3;3H/p+1. The number of aryl methyl sites for hydroxylation is 3. The van der Waals surface area contributed by atoms with Gasteiger partial charge < -0.3 is 0 Å². The van der Waals surface area contributed by atoms with E-state index in [2.05, 4.69) is 38.1 Å². The van der Waals surface area contributed by atoms with E-state index in [1.165, 1.54) is 10.9 Å². The highest BCUT2D eigenvalue weighted by Gasteiger charge is 2.22. The Morgan fingerprint density at radius 3 is 2.00 bits per heavy atom. The van der Waals surface area contributed by atoms with Crippen molar-refractivity contribution in [2.24, 2.45) is 0 Å². The van der Waals surface area contributed by atoms with Crippen LogP contribution in [0.4, 0.5) is 0 Å². The number of hydrogen-bond acceptors (Lipinski definition) is 2. The van der Waals surface area contributed by atoms with E-state index in [0.29, 0.717) is 5.52 Å². The largest absolute Gasteiger partial charge is 0.491 e. The molecule has 0 aliphatic heterocycles. The minimum atomic E-state index is -1.17. The van der Waals surface area contributed by atoms with Gasteiger partial charge in [0.1, 0.15) is 0 Å². The van der Waals surface area contributed by atoms with Gasteiger partial charge in [-0.15, -0.1) is 0 Å². The molecule has 0 aromatic heterocycles. The van der Waals surface area contributed by atoms with Crippen molar-refractivity contribution in [2.45, 2.75) is 27.7 Å². The Balaban J connectivity index is 0.000000816. The van der Waals surface area contributed by atoms with Crippen molar-refractivity contribution in [1.82, 2.24) is 0 Å². The molecule has 122 valence electrons. The fourth-order valence-corrected chi connectivity index (χ4v) is 4.75. The second-order valence-corrected chi connectivity index (χ2v) is 7.84. The summed E-state index contributed by atoms with van der Waals surface area (Å²) in [5, 5.41) is 1.18. The third-order valence-corrected chi connectivity index (χ3v) is 5.79. The Morgan fingerprint density at radius 2 is 1.57 bits per heavy atom. The molecule has 2 unspecified atom stereocenters. The van der Waals surface area contributed by atoms with Gasteiger partial charge in [-0.05, 0) is 47.9 Å². The molecule has 0 saturated carbocycles. The molecular weight excluding hydrogens is 326 g/mol. The molecule has 3 nitrogen and oxygen atoms in total. The highest BCUT2D eigenvalue weighted by Crippen LogP contribution is 2.39. The Bertz CT molecular complexity index is 646. The SMILES string of the molecule is CCP(C(=O)c1c(C)cc(C)cc1C)c1ccccc1.O=[PH+]O. The summed E-state index contributed by atoms with van der Waals surface area (Å²) in [6, 6.07) is 14.4. The zero-order valence-corrected chi connectivity index (χ0v) is 15.9. The molecule has 5 heteroatoms. The first-order valence-corrected chi connectivity index (χ1v) is 9.80. The third-order valence-electron chi connectivity index (χ3n) is 3.52. The lowest BCUT2D eigenvalue weighted by atomic mass is 10.0. The van der Waals surface area contributed by atoms with Crippen molar-refractivity contribution in [3.8, 4) is 0 Å². The monoisotopic (exact) mass is 349 g/mol. The van der Waals surface area contributed by atoms with Gasteiger partial charge in [-0.2, -0.15) is 4.89 Å². The van der Waals surface area contributed by atoms with E-state index in [1.54, 1.807) is 0 Å². The molecule has 23 heavy (non-hydrogen) atoms. The summed E-state index contributed by atoms with van der Waals surface area (Å²) in [6.45, 7) is 8.27. The average Bonchev–Trinajstić information content (AvgIpc) is 2.49. The molecule has 2 atom stereocenters. The number of hydrogen-bond donors (Lipinski definition) is 1. The molecule has 2 aromatic rings. The number of carbonyl (C=O) groups excluding carboxylic acids is 1. The Kier molecular flexibility index (Phi) is 8.26. The van der Waals surface area contributed by atoms with Crippen molar-refractivity contribution >= 4 is 27.4 Å². The predicted octanol–water partition coefficient (Wildman–Crippen LogP) is 4.50. The summed E-state index contributed by atoms with van der Waals surface area (Å²) in [6.07, 6.45) is 0.894. The van der Waals surface area contributed by atoms with Crippen LogP contribution < -0.4 is 5.30 Å². The first-order chi connectivity index (χ1) is 11.0. The smallest absolute Gasteiger partial charge is 0.289 e. The molecule has 0 bridgehead atoms. The highest BCUT2D eigenvalue weighted by atomic mass is 31.1. The van der Waals surface area contributed by atoms with Crippen LogP contribution >= 0.6 is 16.6 Å². The van der Waals surface area contributed by atoms with Gasteiger partial charge in [-0.25, -0.2) is 0 Å². The van der Waals surface area contributed by atoms with E-state index in [1.807, 2.05) is 32.0 Å². The first kappa shape index (κ1) is 19.6. The topological polar surface area (TPSA) is 54.4 Å². The molecule has 0 aliphatic carbocycles. The molecular formula is C18H23O3P2+. The average molecular weight is 349 g/mol. The Hall–Kier alpha value is -1.40. The summed E-state index contributed by atoms with van der Waals surface area (Å²) in [4.78, 5) is 20.0. The first-order valence-electron chi connectivity index (χ1n) is 7.42. The van der Waals surface area contributed by atoms with Crippen molar-refractivity contribution in [1.29, 1.82) is 0 Å². The van der Waals surface area contributed by atoms with Gasteiger partial charge in [0.2, 0.25) is 0 Å². The van der Waals surface area contributed by atoms with E-state index in [4.69, 9.17) is 9.46 Å². The molecule has 0 amide bonds. The fraction of sp³-hybridized carbons (Fsp3) is 0.278. The maximum absolute atomic E-state index is 13.0. The van der Waals surface area contributed by atoms with Crippen LogP contribution in [-0.4, -0.2) is 16.6 Å². The third kappa shape index (κ3) is 5.32. The van der Waals surface area contributed by atoms with Crippen molar-refractivity contribution in [3.05, 3.63) is 64.7 Å². The van der Waals surface area contributed by atoms with Crippen molar-refractivity contribution in [2.75, 3.05) is 6.16 Å². The van der Waals surface area contributed by atoms with Crippen molar-refractivity contribution < 1.29 is 14.3 Å². The molecule has 1 N–H and O–H groups in total. The normalized spacial score (nSPS) is 11.5. The summed E-state index contributed by atoms with van der Waals surface area (Å²) in [5.41, 5.74) is 4.65. The van der Waals surface area contributed by atoms with E-state index < -0.39 is 16.6 Å². The number of carbonyl (C=O) groups is 1. The van der Waals surface area contributed by atoms with Crippen LogP contribution in [0.2, 0.25) is 0 Å². The summed E-state index contributed by atoms with van der Waals surface area (Å²) in [5.74, 6) is 0.